The number of rotatable bonds is 9. The molecule has 2 amide bonds. The van der Waals surface area contributed by atoms with Crippen molar-refractivity contribution in [2.75, 3.05) is 36.5 Å². The Morgan fingerprint density at radius 3 is 2.44 bits per heavy atom. The first-order valence-corrected chi connectivity index (χ1v) is 17.6. The van der Waals surface area contributed by atoms with Gasteiger partial charge in [-0.1, -0.05) is 19.3 Å². The number of fused-ring (bicyclic) bond motifs is 1. The van der Waals surface area contributed by atoms with Gasteiger partial charge >= 0.3 is 11.9 Å². The lowest BCUT2D eigenvalue weighted by Crippen LogP contribution is -2.39. The number of benzene rings is 3. The van der Waals surface area contributed by atoms with Crippen molar-refractivity contribution in [1.82, 2.24) is 9.55 Å². The number of hydrogen-bond acceptors (Lipinski definition) is 6. The van der Waals surface area contributed by atoms with Gasteiger partial charge in [0, 0.05) is 55.1 Å². The average molecular weight is 681 g/mol. The molecule has 10 nitrogen and oxygen atoms in total. The standard InChI is InChI=1S/C39H42FN5O5/c1-42(2)38(47)25-16-19-43(20-17-25)34-15-11-29(44-18-6-9-36(44)46)21-27(34)24-50-30-12-13-31(32(40)23-30)37-41-33-22-26(39(48)49)10-14-35(33)45(37)28-7-4-3-5-8-28/h10-15,21-23,25,28H,1,3-9,16-20,24H2,2H3/p+1. The van der Waals surface area contributed by atoms with E-state index in [1.807, 2.05) is 18.2 Å². The number of aromatic nitrogens is 2. The molecule has 0 atom stereocenters. The number of imidazole rings is 1. The second-order valence-corrected chi connectivity index (χ2v) is 13.8. The van der Waals surface area contributed by atoms with Crippen molar-refractivity contribution in [3.8, 4) is 17.1 Å². The highest BCUT2D eigenvalue weighted by atomic mass is 19.1. The predicted octanol–water partition coefficient (Wildman–Crippen LogP) is 6.84. The third-order valence-corrected chi connectivity index (χ3v) is 10.5. The number of carboxylic acid groups (broad SMARTS) is 1. The fourth-order valence-corrected chi connectivity index (χ4v) is 7.82. The Morgan fingerprint density at radius 2 is 1.76 bits per heavy atom. The van der Waals surface area contributed by atoms with Crippen molar-refractivity contribution in [2.45, 2.75) is 70.4 Å². The Labute approximate surface area is 290 Å². The molecule has 4 aromatic rings. The molecule has 0 radical (unpaired) electrons. The highest BCUT2D eigenvalue weighted by Gasteiger charge is 2.32. The molecule has 260 valence electrons. The summed E-state index contributed by atoms with van der Waals surface area (Å²) in [6.45, 7) is 5.96. The molecule has 1 aromatic heterocycles. The van der Waals surface area contributed by atoms with Crippen LogP contribution in [0.15, 0.2) is 54.6 Å². The van der Waals surface area contributed by atoms with Crippen LogP contribution in [0.3, 0.4) is 0 Å². The molecule has 3 fully saturated rings. The molecule has 3 aromatic carbocycles. The van der Waals surface area contributed by atoms with Gasteiger partial charge in [0.1, 0.15) is 37.8 Å². The number of halogens is 1. The number of amides is 2. The van der Waals surface area contributed by atoms with Gasteiger partial charge in [-0.3, -0.25) is 4.79 Å². The van der Waals surface area contributed by atoms with Crippen LogP contribution >= 0.6 is 0 Å². The van der Waals surface area contributed by atoms with E-state index in [0.29, 0.717) is 61.6 Å². The number of ether oxygens (including phenoxy) is 1. The topological polar surface area (TPSA) is 108 Å². The van der Waals surface area contributed by atoms with Gasteiger partial charge in [-0.05, 0) is 80.6 Å². The molecule has 0 unspecified atom stereocenters. The van der Waals surface area contributed by atoms with Gasteiger partial charge in [0.15, 0.2) is 0 Å². The van der Waals surface area contributed by atoms with E-state index >= 15 is 4.39 Å². The molecule has 1 aliphatic carbocycles. The van der Waals surface area contributed by atoms with Gasteiger partial charge in [0.2, 0.25) is 5.91 Å². The van der Waals surface area contributed by atoms with E-state index in [1.165, 1.54) is 10.6 Å². The summed E-state index contributed by atoms with van der Waals surface area (Å²) >= 11 is 0. The van der Waals surface area contributed by atoms with E-state index in [4.69, 9.17) is 9.72 Å². The maximum absolute atomic E-state index is 16.1. The second-order valence-electron chi connectivity index (χ2n) is 13.8. The smallest absolute Gasteiger partial charge is 0.389 e. The summed E-state index contributed by atoms with van der Waals surface area (Å²) in [6.07, 6.45) is 7.97. The van der Waals surface area contributed by atoms with Crippen molar-refractivity contribution >= 4 is 46.9 Å². The zero-order valence-corrected chi connectivity index (χ0v) is 28.4. The lowest BCUT2D eigenvalue weighted by molar-refractivity contribution is -0.415. The molecule has 3 heterocycles. The highest BCUT2D eigenvalue weighted by molar-refractivity contribution is 5.96. The molecule has 2 aliphatic heterocycles. The number of carbonyl (C=O) groups excluding carboxylic acids is 2. The van der Waals surface area contributed by atoms with Crippen molar-refractivity contribution in [1.29, 1.82) is 0 Å². The number of hydrogen-bond donors (Lipinski definition) is 1. The van der Waals surface area contributed by atoms with Crippen LogP contribution in [0.5, 0.6) is 5.75 Å². The highest BCUT2D eigenvalue weighted by Crippen LogP contribution is 2.38. The molecule has 3 aliphatic rings. The number of carbonyl (C=O) groups is 3. The van der Waals surface area contributed by atoms with Crippen LogP contribution < -0.4 is 14.5 Å². The first kappa shape index (κ1) is 33.4. The van der Waals surface area contributed by atoms with Crippen LogP contribution in [0.25, 0.3) is 22.4 Å². The van der Waals surface area contributed by atoms with Gasteiger partial charge in [0.25, 0.3) is 0 Å². The maximum atomic E-state index is 16.1. The first-order valence-electron chi connectivity index (χ1n) is 17.6. The van der Waals surface area contributed by atoms with Crippen LogP contribution in [0.4, 0.5) is 15.8 Å². The monoisotopic (exact) mass is 680 g/mol. The summed E-state index contributed by atoms with van der Waals surface area (Å²) in [6, 6.07) is 15.8. The van der Waals surface area contributed by atoms with Gasteiger partial charge < -0.3 is 24.2 Å². The van der Waals surface area contributed by atoms with E-state index in [1.54, 1.807) is 42.3 Å². The van der Waals surface area contributed by atoms with Gasteiger partial charge in [0.05, 0.1) is 28.1 Å². The van der Waals surface area contributed by atoms with Crippen LogP contribution in [0, 0.1) is 11.7 Å². The Kier molecular flexibility index (Phi) is 9.40. The van der Waals surface area contributed by atoms with E-state index in [-0.39, 0.29) is 35.9 Å². The third-order valence-electron chi connectivity index (χ3n) is 10.5. The Balaban J connectivity index is 1.16. The summed E-state index contributed by atoms with van der Waals surface area (Å²) in [4.78, 5) is 45.7. The average Bonchev–Trinajstić information content (AvgIpc) is 3.73. The molecule has 1 saturated carbocycles. The minimum absolute atomic E-state index is 0.0425. The van der Waals surface area contributed by atoms with Crippen molar-refractivity contribution in [3.63, 3.8) is 0 Å². The third kappa shape index (κ3) is 6.60. The summed E-state index contributed by atoms with van der Waals surface area (Å²) in [5, 5.41) is 9.57. The molecule has 11 heteroatoms. The molecule has 50 heavy (non-hydrogen) atoms. The molecule has 7 rings (SSSR count). The Hall–Kier alpha value is -5.06. The molecule has 0 bridgehead atoms. The molecule has 1 N–H and O–H groups in total. The second kappa shape index (κ2) is 14.0. The zero-order chi connectivity index (χ0) is 34.9. The number of aromatic carboxylic acids is 1. The largest absolute Gasteiger partial charge is 0.489 e. The van der Waals surface area contributed by atoms with Crippen molar-refractivity contribution < 1.29 is 33.2 Å². The summed E-state index contributed by atoms with van der Waals surface area (Å²) in [7, 11) is 1.68. The van der Waals surface area contributed by atoms with Crippen LogP contribution in [-0.2, 0) is 16.2 Å². The van der Waals surface area contributed by atoms with E-state index in [9.17, 15) is 19.5 Å². The predicted molar refractivity (Wildman–Crippen MR) is 190 cm³/mol. The molecular weight excluding hydrogens is 637 g/mol. The minimum Gasteiger partial charge on any atom is -0.489 e. The fourth-order valence-electron chi connectivity index (χ4n) is 7.82. The lowest BCUT2D eigenvalue weighted by atomic mass is 9.94. The Morgan fingerprint density at radius 1 is 0.980 bits per heavy atom. The van der Waals surface area contributed by atoms with Gasteiger partial charge in [-0.2, -0.15) is 4.58 Å². The van der Waals surface area contributed by atoms with E-state index in [0.717, 1.165) is 61.0 Å². The van der Waals surface area contributed by atoms with Crippen LogP contribution in [0.2, 0.25) is 0 Å². The summed E-state index contributed by atoms with van der Waals surface area (Å²) < 4.78 is 25.8. The van der Waals surface area contributed by atoms with Crippen molar-refractivity contribution in [2.24, 2.45) is 5.92 Å². The fraction of sp³-hybridized carbons (Fsp3) is 0.410. The molecular formula is C39H43FN5O5+. The van der Waals surface area contributed by atoms with Crippen molar-refractivity contribution in [3.05, 3.63) is 71.5 Å². The summed E-state index contributed by atoms with van der Waals surface area (Å²) in [5.74, 6) is -0.602. The van der Waals surface area contributed by atoms with E-state index < -0.39 is 11.8 Å². The minimum atomic E-state index is -1.03. The van der Waals surface area contributed by atoms with Gasteiger partial charge in [-0.25, -0.2) is 19.0 Å². The molecule has 0 spiro atoms. The zero-order valence-electron chi connectivity index (χ0n) is 28.4. The SMILES string of the molecule is C=[N+](C)C(=O)C1CCN(c2ccc(N3CCCC3=O)cc2COc2ccc(-c3nc4cc(C(=O)O)ccc4n3C3CCCCC3)c(F)c2)CC1. The number of anilines is 2. The van der Waals surface area contributed by atoms with Gasteiger partial charge in [-0.15, -0.1) is 0 Å². The quantitative estimate of drug-likeness (QED) is 0.152. The van der Waals surface area contributed by atoms with Crippen LogP contribution in [-0.4, -0.2) is 70.4 Å². The Bertz CT molecular complexity index is 1970. The molecule has 2 saturated heterocycles. The number of nitrogens with zero attached hydrogens (tertiary/aromatic N) is 5. The van der Waals surface area contributed by atoms with Crippen LogP contribution in [0.1, 0.15) is 79.8 Å². The normalized spacial score (nSPS) is 17.4. The lowest BCUT2D eigenvalue weighted by Gasteiger charge is -2.33. The maximum Gasteiger partial charge on any atom is 0.389 e. The summed E-state index contributed by atoms with van der Waals surface area (Å²) in [5.41, 5.74) is 4.45. The number of carboxylic acids is 1. The number of piperidine rings is 1. The first-order chi connectivity index (χ1) is 24.2. The van der Waals surface area contributed by atoms with E-state index in [2.05, 4.69) is 16.2 Å².